The maximum atomic E-state index is 12.5. The Morgan fingerprint density at radius 2 is 1.73 bits per heavy atom. The number of hydrogen-bond donors (Lipinski definition) is 1. The van der Waals surface area contributed by atoms with Crippen LogP contribution < -0.4 is 10.1 Å². The van der Waals surface area contributed by atoms with Gasteiger partial charge in [0, 0.05) is 23.3 Å². The van der Waals surface area contributed by atoms with Crippen molar-refractivity contribution < 1.29 is 18.9 Å². The molecule has 0 saturated carbocycles. The summed E-state index contributed by atoms with van der Waals surface area (Å²) >= 11 is 1.13. The summed E-state index contributed by atoms with van der Waals surface area (Å²) in [4.78, 5) is 27.7. The highest BCUT2D eigenvalue weighted by atomic mass is 32.2. The molecule has 0 saturated heterocycles. The number of nitrogens with one attached hydrogen (secondary N) is 1. The Morgan fingerprint density at radius 1 is 1.06 bits per heavy atom. The maximum Gasteiger partial charge on any atom is 0.271 e. The van der Waals surface area contributed by atoms with Crippen molar-refractivity contribution in [1.29, 1.82) is 0 Å². The van der Waals surface area contributed by atoms with Crippen molar-refractivity contribution >= 4 is 29.0 Å². The van der Waals surface area contributed by atoms with Crippen LogP contribution in [-0.4, -0.2) is 28.7 Å². The van der Waals surface area contributed by atoms with Crippen molar-refractivity contribution in [3.8, 4) is 28.3 Å². The van der Waals surface area contributed by atoms with E-state index in [0.717, 1.165) is 22.9 Å². The van der Waals surface area contributed by atoms with Crippen LogP contribution in [0.2, 0.25) is 0 Å². The Labute approximate surface area is 193 Å². The van der Waals surface area contributed by atoms with E-state index in [1.807, 2.05) is 60.7 Å². The number of amides is 1. The van der Waals surface area contributed by atoms with E-state index < -0.39 is 4.92 Å². The third kappa shape index (κ3) is 5.21. The first-order valence-corrected chi connectivity index (χ1v) is 10.9. The summed E-state index contributed by atoms with van der Waals surface area (Å²) in [5.74, 6) is 0.562. The smallest absolute Gasteiger partial charge is 0.271 e. The minimum atomic E-state index is -0.535. The first-order valence-electron chi connectivity index (χ1n) is 9.92. The van der Waals surface area contributed by atoms with Crippen molar-refractivity contribution in [1.82, 2.24) is 4.98 Å². The summed E-state index contributed by atoms with van der Waals surface area (Å²) < 4.78 is 11.2. The first kappa shape index (κ1) is 22.1. The summed E-state index contributed by atoms with van der Waals surface area (Å²) in [7, 11) is 1.43. The van der Waals surface area contributed by atoms with E-state index in [0.29, 0.717) is 22.4 Å². The van der Waals surface area contributed by atoms with Gasteiger partial charge in [0.05, 0.1) is 23.5 Å². The third-order valence-electron chi connectivity index (χ3n) is 4.69. The Kier molecular flexibility index (Phi) is 6.70. The van der Waals surface area contributed by atoms with Crippen LogP contribution in [0.3, 0.4) is 0 Å². The van der Waals surface area contributed by atoms with E-state index in [9.17, 15) is 14.9 Å². The number of nitro benzene ring substituents is 1. The van der Waals surface area contributed by atoms with Crippen molar-refractivity contribution in [3.05, 3.63) is 89.0 Å². The lowest BCUT2D eigenvalue weighted by Gasteiger charge is -2.09. The molecule has 0 aliphatic heterocycles. The van der Waals surface area contributed by atoms with Gasteiger partial charge in [-0.2, -0.15) is 0 Å². The number of anilines is 1. The summed E-state index contributed by atoms with van der Waals surface area (Å²) in [5, 5.41) is 14.0. The van der Waals surface area contributed by atoms with E-state index in [1.165, 1.54) is 25.3 Å². The quantitative estimate of drug-likeness (QED) is 0.205. The van der Waals surface area contributed by atoms with Gasteiger partial charge in [-0.3, -0.25) is 14.9 Å². The fourth-order valence-corrected chi connectivity index (χ4v) is 3.78. The van der Waals surface area contributed by atoms with Crippen LogP contribution in [0.1, 0.15) is 0 Å². The third-order valence-corrected chi connectivity index (χ3v) is 5.51. The van der Waals surface area contributed by atoms with Gasteiger partial charge in [0.1, 0.15) is 11.4 Å². The van der Waals surface area contributed by atoms with Crippen molar-refractivity contribution in [2.45, 2.75) is 5.22 Å². The number of carbonyl (C=O) groups is 1. The highest BCUT2D eigenvalue weighted by Crippen LogP contribution is 2.36. The SMILES string of the molecule is COc1ccc([N+](=O)[O-])cc1NC(=O)CSc1nc(-c2ccccc2)c(-c2ccccc2)o1. The predicted octanol–water partition coefficient (Wildman–Crippen LogP) is 5.66. The number of benzene rings is 3. The topological polar surface area (TPSA) is 108 Å². The molecule has 1 N–H and O–H groups in total. The fourth-order valence-electron chi connectivity index (χ4n) is 3.16. The minimum absolute atomic E-state index is 0.00514. The minimum Gasteiger partial charge on any atom is -0.495 e. The largest absolute Gasteiger partial charge is 0.495 e. The average molecular weight is 461 g/mol. The number of nitrogens with zero attached hydrogens (tertiary/aromatic N) is 2. The molecule has 0 aliphatic carbocycles. The normalized spacial score (nSPS) is 10.6. The van der Waals surface area contributed by atoms with E-state index in [1.54, 1.807) is 0 Å². The Morgan fingerprint density at radius 3 is 2.36 bits per heavy atom. The summed E-state index contributed by atoms with van der Waals surface area (Å²) in [6.45, 7) is 0. The molecule has 33 heavy (non-hydrogen) atoms. The molecule has 0 aliphatic rings. The molecule has 0 unspecified atom stereocenters. The molecule has 0 spiro atoms. The first-order chi connectivity index (χ1) is 16.0. The zero-order valence-corrected chi connectivity index (χ0v) is 18.4. The number of ether oxygens (including phenoxy) is 1. The summed E-state index contributed by atoms with van der Waals surface area (Å²) in [6.07, 6.45) is 0. The lowest BCUT2D eigenvalue weighted by molar-refractivity contribution is -0.384. The average Bonchev–Trinajstić information content (AvgIpc) is 3.28. The number of aromatic nitrogens is 1. The lowest BCUT2D eigenvalue weighted by atomic mass is 10.1. The van der Waals surface area contributed by atoms with E-state index in [-0.39, 0.29) is 23.0 Å². The van der Waals surface area contributed by atoms with Gasteiger partial charge in [0.25, 0.3) is 10.9 Å². The number of hydrogen-bond acceptors (Lipinski definition) is 7. The monoisotopic (exact) mass is 461 g/mol. The Bertz CT molecular complexity index is 1220. The number of rotatable bonds is 8. The van der Waals surface area contributed by atoms with Gasteiger partial charge in [0.15, 0.2) is 5.76 Å². The molecule has 3 aromatic carbocycles. The van der Waals surface area contributed by atoms with Crippen LogP contribution >= 0.6 is 11.8 Å². The van der Waals surface area contributed by atoms with Gasteiger partial charge >= 0.3 is 0 Å². The van der Waals surface area contributed by atoms with Crippen LogP contribution in [0.5, 0.6) is 5.75 Å². The van der Waals surface area contributed by atoms with Gasteiger partial charge in [-0.05, 0) is 6.07 Å². The predicted molar refractivity (Wildman–Crippen MR) is 126 cm³/mol. The maximum absolute atomic E-state index is 12.5. The zero-order valence-electron chi connectivity index (χ0n) is 17.6. The highest BCUT2D eigenvalue weighted by molar-refractivity contribution is 7.99. The van der Waals surface area contributed by atoms with Gasteiger partial charge in [-0.15, -0.1) is 0 Å². The Balaban J connectivity index is 1.53. The molecular formula is C24H19N3O5S. The van der Waals surface area contributed by atoms with E-state index in [4.69, 9.17) is 9.15 Å². The number of carbonyl (C=O) groups excluding carboxylic acids is 1. The van der Waals surface area contributed by atoms with E-state index in [2.05, 4.69) is 10.3 Å². The second kappa shape index (κ2) is 10.0. The molecule has 4 aromatic rings. The van der Waals surface area contributed by atoms with Crippen LogP contribution in [0, 0.1) is 10.1 Å². The van der Waals surface area contributed by atoms with Crippen LogP contribution in [0.15, 0.2) is 88.5 Å². The van der Waals surface area contributed by atoms with E-state index >= 15 is 0 Å². The van der Waals surface area contributed by atoms with Gasteiger partial charge in [-0.25, -0.2) is 4.98 Å². The fraction of sp³-hybridized carbons (Fsp3) is 0.0833. The summed E-state index contributed by atoms with van der Waals surface area (Å²) in [6, 6.07) is 23.3. The van der Waals surface area contributed by atoms with Crippen molar-refractivity contribution in [2.75, 3.05) is 18.2 Å². The molecule has 0 radical (unpaired) electrons. The molecule has 8 nitrogen and oxygen atoms in total. The second-order valence-corrected chi connectivity index (χ2v) is 7.79. The molecule has 1 heterocycles. The molecule has 1 aromatic heterocycles. The van der Waals surface area contributed by atoms with Gasteiger partial charge in [0.2, 0.25) is 5.91 Å². The molecule has 1 amide bonds. The zero-order chi connectivity index (χ0) is 23.2. The second-order valence-electron chi connectivity index (χ2n) is 6.87. The molecule has 9 heteroatoms. The molecule has 166 valence electrons. The lowest BCUT2D eigenvalue weighted by Crippen LogP contribution is -2.14. The Hall–Kier alpha value is -4.11. The molecule has 0 fully saturated rings. The molecule has 0 atom stereocenters. The van der Waals surface area contributed by atoms with Gasteiger partial charge < -0.3 is 14.5 Å². The number of methoxy groups -OCH3 is 1. The molecule has 4 rings (SSSR count). The molecule has 0 bridgehead atoms. The number of thioether (sulfide) groups is 1. The standard InChI is InChI=1S/C24H19N3O5S/c1-31-20-13-12-18(27(29)30)14-19(20)25-21(28)15-33-24-26-22(16-8-4-2-5-9-16)23(32-24)17-10-6-3-7-11-17/h2-14H,15H2,1H3,(H,25,28). The number of nitro groups is 1. The van der Waals surface area contributed by atoms with Crippen LogP contribution in [0.25, 0.3) is 22.6 Å². The summed E-state index contributed by atoms with van der Waals surface area (Å²) in [5.41, 5.74) is 2.54. The molecular weight excluding hydrogens is 442 g/mol. The van der Waals surface area contributed by atoms with Crippen molar-refractivity contribution in [3.63, 3.8) is 0 Å². The highest BCUT2D eigenvalue weighted by Gasteiger charge is 2.19. The van der Waals surface area contributed by atoms with Crippen LogP contribution in [-0.2, 0) is 4.79 Å². The number of non-ortho nitro benzene ring substituents is 1. The van der Waals surface area contributed by atoms with Crippen LogP contribution in [0.4, 0.5) is 11.4 Å². The van der Waals surface area contributed by atoms with Crippen molar-refractivity contribution in [2.24, 2.45) is 0 Å². The van der Waals surface area contributed by atoms with Gasteiger partial charge in [-0.1, -0.05) is 72.4 Å². The number of oxazole rings is 1.